The number of halogens is 2. The van der Waals surface area contributed by atoms with E-state index in [4.69, 9.17) is 4.74 Å². The van der Waals surface area contributed by atoms with Gasteiger partial charge in [0.05, 0.1) is 25.4 Å². The highest BCUT2D eigenvalue weighted by Crippen LogP contribution is 2.22. The van der Waals surface area contributed by atoms with Crippen LogP contribution in [0.15, 0.2) is 29.3 Å². The van der Waals surface area contributed by atoms with Crippen LogP contribution in [0, 0.1) is 5.82 Å². The summed E-state index contributed by atoms with van der Waals surface area (Å²) in [6.45, 7) is 13.4. The largest absolute Gasteiger partial charge is 0.387 e. The van der Waals surface area contributed by atoms with E-state index in [1.54, 1.807) is 0 Å². The quantitative estimate of drug-likeness (QED) is 0.278. The number of aliphatic imine (C=N–C) groups is 1. The van der Waals surface area contributed by atoms with Crippen LogP contribution in [0.1, 0.15) is 33.3 Å². The Morgan fingerprint density at radius 2 is 1.79 bits per heavy atom. The fourth-order valence-corrected chi connectivity index (χ4v) is 3.19. The van der Waals surface area contributed by atoms with E-state index in [2.05, 4.69) is 34.4 Å². The van der Waals surface area contributed by atoms with Crippen LogP contribution in [0.4, 0.5) is 4.39 Å². The second kappa shape index (κ2) is 12.0. The van der Waals surface area contributed by atoms with E-state index in [1.165, 1.54) is 12.1 Å². The molecule has 1 atom stereocenters. The Kier molecular flexibility index (Phi) is 10.8. The van der Waals surface area contributed by atoms with Crippen molar-refractivity contribution in [2.75, 3.05) is 52.5 Å². The monoisotopic (exact) mass is 522 g/mol. The van der Waals surface area contributed by atoms with Crippen molar-refractivity contribution >= 4 is 29.9 Å². The van der Waals surface area contributed by atoms with Gasteiger partial charge in [-0.15, -0.1) is 24.0 Å². The third-order valence-corrected chi connectivity index (χ3v) is 4.91. The number of hydrogen-bond donors (Lipinski definition) is 3. The fraction of sp³-hybridized carbons (Fsp3) is 0.667. The highest BCUT2D eigenvalue weighted by molar-refractivity contribution is 14.0. The first-order chi connectivity index (χ1) is 13.2. The zero-order valence-corrected chi connectivity index (χ0v) is 20.3. The maximum atomic E-state index is 13.2. The van der Waals surface area contributed by atoms with Gasteiger partial charge in [-0.05, 0) is 31.5 Å². The van der Waals surface area contributed by atoms with Crippen LogP contribution in [0.2, 0.25) is 0 Å². The van der Waals surface area contributed by atoms with Crippen LogP contribution >= 0.6 is 24.0 Å². The highest BCUT2D eigenvalue weighted by atomic mass is 127. The Balaban J connectivity index is 0.00000420. The first-order valence-electron chi connectivity index (χ1n) is 10.0. The van der Waals surface area contributed by atoms with Gasteiger partial charge in [-0.1, -0.05) is 26.0 Å². The Morgan fingerprint density at radius 1 is 1.17 bits per heavy atom. The molecule has 0 aromatic heterocycles. The van der Waals surface area contributed by atoms with Crippen molar-refractivity contribution in [2.45, 2.75) is 38.7 Å². The minimum atomic E-state index is -0.911. The average Bonchev–Trinajstić information content (AvgIpc) is 2.65. The van der Waals surface area contributed by atoms with E-state index >= 15 is 0 Å². The molecule has 1 unspecified atom stereocenters. The van der Waals surface area contributed by atoms with Gasteiger partial charge in [0.25, 0.3) is 0 Å². The van der Waals surface area contributed by atoms with Crippen LogP contribution in [0.25, 0.3) is 0 Å². The number of guanidine groups is 1. The molecule has 0 amide bonds. The van der Waals surface area contributed by atoms with Crippen molar-refractivity contribution in [2.24, 2.45) is 4.99 Å². The molecule has 0 spiro atoms. The third-order valence-electron chi connectivity index (χ3n) is 4.91. The lowest BCUT2D eigenvalue weighted by Gasteiger charge is -2.33. The molecule has 3 N–H and O–H groups in total. The van der Waals surface area contributed by atoms with Crippen molar-refractivity contribution in [3.8, 4) is 0 Å². The smallest absolute Gasteiger partial charge is 0.191 e. The predicted octanol–water partition coefficient (Wildman–Crippen LogP) is 2.36. The summed E-state index contributed by atoms with van der Waals surface area (Å²) in [6.07, 6.45) is 0. The lowest BCUT2D eigenvalue weighted by atomic mass is 9.84. The second-order valence-corrected chi connectivity index (χ2v) is 8.32. The molecule has 2 rings (SSSR count). The molecule has 1 fully saturated rings. The molecule has 1 saturated heterocycles. The van der Waals surface area contributed by atoms with Crippen LogP contribution < -0.4 is 10.6 Å². The lowest BCUT2D eigenvalue weighted by Crippen LogP contribution is -2.48. The second-order valence-electron chi connectivity index (χ2n) is 8.32. The molecule has 0 saturated carbocycles. The molecule has 8 heteroatoms. The molecular formula is C21H36FIN4O2. The summed E-state index contributed by atoms with van der Waals surface area (Å²) >= 11 is 0. The molecule has 1 aliphatic rings. The SMILES string of the molecule is CCNC(=NCC(C)(O)CN1CCOCC1)NCC(C)(C)c1ccc(F)cc1.I. The number of nitrogens with zero attached hydrogens (tertiary/aromatic N) is 2. The van der Waals surface area contributed by atoms with Gasteiger partial charge >= 0.3 is 0 Å². The topological polar surface area (TPSA) is 69.1 Å². The van der Waals surface area contributed by atoms with E-state index in [1.807, 2.05) is 26.0 Å². The van der Waals surface area contributed by atoms with Gasteiger partial charge in [0.15, 0.2) is 5.96 Å². The van der Waals surface area contributed by atoms with Crippen LogP contribution in [0.3, 0.4) is 0 Å². The third kappa shape index (κ3) is 9.15. The summed E-state index contributed by atoms with van der Waals surface area (Å²) in [6, 6.07) is 6.60. The molecule has 0 bridgehead atoms. The molecule has 29 heavy (non-hydrogen) atoms. The maximum Gasteiger partial charge on any atom is 0.191 e. The number of aliphatic hydroxyl groups is 1. The Hall–Kier alpha value is -0.970. The lowest BCUT2D eigenvalue weighted by molar-refractivity contribution is -0.0179. The predicted molar refractivity (Wildman–Crippen MR) is 127 cm³/mol. The number of β-amino-alcohol motifs (C(OH)–C–C–N with tert-alkyl or cyclic N) is 1. The van der Waals surface area contributed by atoms with Crippen molar-refractivity contribution in [1.29, 1.82) is 0 Å². The number of nitrogens with one attached hydrogen (secondary N) is 2. The van der Waals surface area contributed by atoms with Crippen LogP contribution in [-0.2, 0) is 10.2 Å². The van der Waals surface area contributed by atoms with Crippen molar-refractivity contribution in [1.82, 2.24) is 15.5 Å². The van der Waals surface area contributed by atoms with E-state index in [0.29, 0.717) is 38.8 Å². The zero-order chi connectivity index (χ0) is 20.6. The van der Waals surface area contributed by atoms with E-state index in [0.717, 1.165) is 25.2 Å². The van der Waals surface area contributed by atoms with Crippen LogP contribution in [-0.4, -0.2) is 74.0 Å². The number of rotatable bonds is 8. The molecular weight excluding hydrogens is 486 g/mol. The summed E-state index contributed by atoms with van der Waals surface area (Å²) in [5.41, 5.74) is -0.0524. The molecule has 166 valence electrons. The van der Waals surface area contributed by atoms with Crippen molar-refractivity contribution in [3.63, 3.8) is 0 Å². The summed E-state index contributed by atoms with van der Waals surface area (Å²) < 4.78 is 18.6. The van der Waals surface area contributed by atoms with Gasteiger partial charge in [0, 0.05) is 38.1 Å². The average molecular weight is 522 g/mol. The Bertz CT molecular complexity index is 632. The molecule has 1 aromatic rings. The normalized spacial score (nSPS) is 17.9. The molecule has 0 radical (unpaired) electrons. The first-order valence-corrected chi connectivity index (χ1v) is 10.0. The van der Waals surface area contributed by atoms with Gasteiger partial charge in [0.2, 0.25) is 0 Å². The minimum absolute atomic E-state index is 0. The summed E-state index contributed by atoms with van der Waals surface area (Å²) in [5.74, 6) is 0.435. The van der Waals surface area contributed by atoms with Gasteiger partial charge in [-0.25, -0.2) is 4.39 Å². The number of ether oxygens (including phenoxy) is 1. The molecule has 1 heterocycles. The Labute approximate surface area is 191 Å². The minimum Gasteiger partial charge on any atom is -0.387 e. The zero-order valence-electron chi connectivity index (χ0n) is 18.0. The summed E-state index contributed by atoms with van der Waals surface area (Å²) in [4.78, 5) is 6.79. The van der Waals surface area contributed by atoms with Crippen molar-refractivity contribution < 1.29 is 14.2 Å². The van der Waals surface area contributed by atoms with Gasteiger partial charge in [-0.2, -0.15) is 0 Å². The Morgan fingerprint density at radius 3 is 2.38 bits per heavy atom. The number of morpholine rings is 1. The summed E-state index contributed by atoms with van der Waals surface area (Å²) in [5, 5.41) is 17.3. The molecule has 1 aliphatic heterocycles. The van der Waals surface area contributed by atoms with Gasteiger partial charge < -0.3 is 20.5 Å². The first kappa shape index (κ1) is 26.1. The fourth-order valence-electron chi connectivity index (χ4n) is 3.19. The van der Waals surface area contributed by atoms with E-state index in [-0.39, 0.29) is 35.2 Å². The number of hydrogen-bond acceptors (Lipinski definition) is 4. The number of benzene rings is 1. The van der Waals surface area contributed by atoms with E-state index < -0.39 is 5.60 Å². The standard InChI is InChI=1S/C21H35FN4O2.HI/c1-5-23-19(24-14-20(2,3)17-6-8-18(22)9-7-17)25-15-21(4,27)16-26-10-12-28-13-11-26;/h6-9,27H,5,10-16H2,1-4H3,(H2,23,24,25);1H. The van der Waals surface area contributed by atoms with Crippen molar-refractivity contribution in [3.05, 3.63) is 35.6 Å². The molecule has 0 aliphatic carbocycles. The van der Waals surface area contributed by atoms with Crippen LogP contribution in [0.5, 0.6) is 0 Å². The maximum absolute atomic E-state index is 13.2. The van der Waals surface area contributed by atoms with Gasteiger partial charge in [0.1, 0.15) is 5.82 Å². The molecule has 6 nitrogen and oxygen atoms in total. The molecule has 1 aromatic carbocycles. The van der Waals surface area contributed by atoms with Gasteiger partial charge in [-0.3, -0.25) is 9.89 Å². The highest BCUT2D eigenvalue weighted by Gasteiger charge is 2.26. The van der Waals surface area contributed by atoms with E-state index in [9.17, 15) is 9.50 Å². The summed E-state index contributed by atoms with van der Waals surface area (Å²) in [7, 11) is 0.